The van der Waals surface area contributed by atoms with Crippen molar-refractivity contribution < 1.29 is 15.3 Å². The lowest BCUT2D eigenvalue weighted by Gasteiger charge is -2.19. The molecule has 0 radical (unpaired) electrons. The van der Waals surface area contributed by atoms with Gasteiger partial charge in [0.2, 0.25) is 0 Å². The molecule has 4 nitrogen and oxygen atoms in total. The summed E-state index contributed by atoms with van der Waals surface area (Å²) in [4.78, 5) is 0. The Hall–Kier alpha value is -0.680. The van der Waals surface area contributed by atoms with E-state index in [1.54, 1.807) is 6.08 Å². The summed E-state index contributed by atoms with van der Waals surface area (Å²) in [6, 6.07) is 0. The highest BCUT2D eigenvalue weighted by atomic mass is 16.3. The molecule has 0 saturated carbocycles. The number of hydrogen-bond donors (Lipinski definition) is 4. The normalized spacial score (nSPS) is 31.5. The van der Waals surface area contributed by atoms with Gasteiger partial charge in [0.15, 0.2) is 0 Å². The lowest BCUT2D eigenvalue weighted by atomic mass is 9.99. The number of nitrogens with two attached hydrogens (primary N) is 1. The van der Waals surface area contributed by atoms with E-state index in [0.717, 1.165) is 0 Å². The molecule has 1 aliphatic carbocycles. The van der Waals surface area contributed by atoms with Crippen LogP contribution in [0.5, 0.6) is 0 Å². The first-order valence-electron chi connectivity index (χ1n) is 3.79. The third kappa shape index (κ3) is 1.92. The highest BCUT2D eigenvalue weighted by Crippen LogP contribution is 2.13. The number of aliphatic hydroxyl groups is 3. The van der Waals surface area contributed by atoms with Crippen molar-refractivity contribution in [1.29, 1.82) is 0 Å². The molecule has 4 heteroatoms. The van der Waals surface area contributed by atoms with Gasteiger partial charge in [0.05, 0.1) is 6.10 Å². The van der Waals surface area contributed by atoms with Crippen LogP contribution in [0.15, 0.2) is 23.8 Å². The Bertz CT molecular complexity index is 212. The molecule has 68 valence electrons. The van der Waals surface area contributed by atoms with Gasteiger partial charge < -0.3 is 21.1 Å². The molecule has 2 unspecified atom stereocenters. The summed E-state index contributed by atoms with van der Waals surface area (Å²) in [5, 5.41) is 27.5. The fourth-order valence-electron chi connectivity index (χ4n) is 1.03. The maximum atomic E-state index is 9.25. The first-order chi connectivity index (χ1) is 5.65. The highest BCUT2D eigenvalue weighted by molar-refractivity contribution is 5.30. The largest absolute Gasteiger partial charge is 0.387 e. The minimum Gasteiger partial charge on any atom is -0.387 e. The summed E-state index contributed by atoms with van der Waals surface area (Å²) in [7, 11) is 0. The van der Waals surface area contributed by atoms with Crippen LogP contribution >= 0.6 is 0 Å². The van der Waals surface area contributed by atoms with Crippen molar-refractivity contribution in [3.05, 3.63) is 23.8 Å². The fourth-order valence-corrected chi connectivity index (χ4v) is 1.03. The van der Waals surface area contributed by atoms with Crippen molar-refractivity contribution in [3.63, 3.8) is 0 Å². The van der Waals surface area contributed by atoms with Crippen LogP contribution in [0.1, 0.15) is 0 Å². The smallest absolute Gasteiger partial charge is 0.102 e. The van der Waals surface area contributed by atoms with Gasteiger partial charge in [-0.25, -0.2) is 0 Å². The van der Waals surface area contributed by atoms with E-state index in [-0.39, 0.29) is 6.54 Å². The average Bonchev–Trinajstić information content (AvgIpc) is 2.08. The predicted molar refractivity (Wildman–Crippen MR) is 44.3 cm³/mol. The molecular weight excluding hydrogens is 158 g/mol. The van der Waals surface area contributed by atoms with Gasteiger partial charge in [-0.2, -0.15) is 0 Å². The first kappa shape index (κ1) is 9.41. The lowest BCUT2D eigenvalue weighted by molar-refractivity contribution is 0.0768. The minimum atomic E-state index is -0.939. The topological polar surface area (TPSA) is 86.7 Å². The Morgan fingerprint density at radius 1 is 1.42 bits per heavy atom. The van der Waals surface area contributed by atoms with Crippen molar-refractivity contribution in [2.45, 2.75) is 18.3 Å². The lowest BCUT2D eigenvalue weighted by Crippen LogP contribution is -2.29. The Morgan fingerprint density at radius 2 is 2.08 bits per heavy atom. The van der Waals surface area contributed by atoms with Gasteiger partial charge in [0.25, 0.3) is 0 Å². The van der Waals surface area contributed by atoms with Crippen LogP contribution in [0.2, 0.25) is 0 Å². The van der Waals surface area contributed by atoms with Gasteiger partial charge in [-0.3, -0.25) is 0 Å². The molecule has 0 aromatic carbocycles. The summed E-state index contributed by atoms with van der Waals surface area (Å²) in [5.41, 5.74) is 5.77. The summed E-state index contributed by atoms with van der Waals surface area (Å²) in [6.07, 6.45) is 1.82. The first-order valence-corrected chi connectivity index (χ1v) is 3.79. The van der Waals surface area contributed by atoms with Crippen LogP contribution in [-0.4, -0.2) is 40.2 Å². The second kappa shape index (κ2) is 3.82. The van der Waals surface area contributed by atoms with Crippen molar-refractivity contribution in [2.75, 3.05) is 6.54 Å². The molecular formula is C8H13NO3. The van der Waals surface area contributed by atoms with E-state index in [0.29, 0.717) is 5.57 Å². The van der Waals surface area contributed by atoms with E-state index in [1.807, 2.05) is 0 Å². The molecule has 12 heavy (non-hydrogen) atoms. The zero-order valence-corrected chi connectivity index (χ0v) is 6.59. The van der Waals surface area contributed by atoms with E-state index in [1.165, 1.54) is 12.2 Å². The standard InChI is InChI=1S/C8H13NO3/c9-4-8(12)5-1-2-6(10)7(11)3-5/h1-3,6-8,10-12H,4,9H2/t6?,7?,8-/m1/s1. The van der Waals surface area contributed by atoms with E-state index in [2.05, 4.69) is 0 Å². The van der Waals surface area contributed by atoms with Crippen molar-refractivity contribution in [3.8, 4) is 0 Å². The summed E-state index contributed by atoms with van der Waals surface area (Å²) >= 11 is 0. The van der Waals surface area contributed by atoms with Crippen LogP contribution < -0.4 is 5.73 Å². The van der Waals surface area contributed by atoms with Gasteiger partial charge in [-0.05, 0) is 11.6 Å². The summed E-state index contributed by atoms with van der Waals surface area (Å²) < 4.78 is 0. The van der Waals surface area contributed by atoms with E-state index in [4.69, 9.17) is 15.9 Å². The van der Waals surface area contributed by atoms with Crippen LogP contribution in [0.25, 0.3) is 0 Å². The minimum absolute atomic E-state index is 0.110. The molecule has 0 aromatic rings. The zero-order valence-electron chi connectivity index (χ0n) is 6.59. The molecule has 3 atom stereocenters. The SMILES string of the molecule is NC[C@@H](O)C1=CC(O)C(O)C=C1. The molecule has 0 spiro atoms. The van der Waals surface area contributed by atoms with Gasteiger partial charge in [0.1, 0.15) is 12.2 Å². The zero-order chi connectivity index (χ0) is 9.14. The quantitative estimate of drug-likeness (QED) is 0.408. The van der Waals surface area contributed by atoms with Gasteiger partial charge in [-0.15, -0.1) is 0 Å². The van der Waals surface area contributed by atoms with Crippen molar-refractivity contribution >= 4 is 0 Å². The Morgan fingerprint density at radius 3 is 2.58 bits per heavy atom. The maximum Gasteiger partial charge on any atom is 0.102 e. The van der Waals surface area contributed by atoms with Crippen molar-refractivity contribution in [1.82, 2.24) is 0 Å². The molecule has 0 saturated heterocycles. The Kier molecular flexibility index (Phi) is 2.99. The maximum absolute atomic E-state index is 9.25. The fraction of sp³-hybridized carbons (Fsp3) is 0.500. The molecule has 0 fully saturated rings. The average molecular weight is 171 g/mol. The summed E-state index contributed by atoms with van der Waals surface area (Å²) in [6.45, 7) is 0.110. The van der Waals surface area contributed by atoms with Crippen LogP contribution in [0.3, 0.4) is 0 Å². The van der Waals surface area contributed by atoms with E-state index < -0.39 is 18.3 Å². The molecule has 0 aliphatic heterocycles. The predicted octanol–water partition coefficient (Wildman–Crippen LogP) is -1.48. The molecule has 0 amide bonds. The molecule has 1 aliphatic rings. The monoisotopic (exact) mass is 171 g/mol. The van der Waals surface area contributed by atoms with Gasteiger partial charge in [-0.1, -0.05) is 12.2 Å². The molecule has 1 rings (SSSR count). The molecule has 0 bridgehead atoms. The third-order valence-electron chi connectivity index (χ3n) is 1.81. The molecule has 5 N–H and O–H groups in total. The second-order valence-corrected chi connectivity index (χ2v) is 2.76. The van der Waals surface area contributed by atoms with Crippen LogP contribution in [0.4, 0.5) is 0 Å². The van der Waals surface area contributed by atoms with Crippen LogP contribution in [0, 0.1) is 0 Å². The van der Waals surface area contributed by atoms with Crippen LogP contribution in [-0.2, 0) is 0 Å². The third-order valence-corrected chi connectivity index (χ3v) is 1.81. The Labute approximate surface area is 70.6 Å². The van der Waals surface area contributed by atoms with Gasteiger partial charge in [0, 0.05) is 6.54 Å². The number of aliphatic hydroxyl groups excluding tert-OH is 3. The molecule has 0 heterocycles. The van der Waals surface area contributed by atoms with Crippen molar-refractivity contribution in [2.24, 2.45) is 5.73 Å². The molecule has 0 aromatic heterocycles. The number of hydrogen-bond acceptors (Lipinski definition) is 4. The van der Waals surface area contributed by atoms with E-state index in [9.17, 15) is 5.11 Å². The summed E-state index contributed by atoms with van der Waals surface area (Å²) in [5.74, 6) is 0. The Balaban J connectivity index is 2.69. The highest BCUT2D eigenvalue weighted by Gasteiger charge is 2.18. The number of rotatable bonds is 2. The van der Waals surface area contributed by atoms with Gasteiger partial charge >= 0.3 is 0 Å². The van der Waals surface area contributed by atoms with E-state index >= 15 is 0 Å². The second-order valence-electron chi connectivity index (χ2n) is 2.76.